The molecule has 1 aromatic carbocycles. The van der Waals surface area contributed by atoms with Crippen molar-refractivity contribution in [2.45, 2.75) is 24.0 Å². The van der Waals surface area contributed by atoms with E-state index in [4.69, 9.17) is 14.7 Å². The molecule has 32 heavy (non-hydrogen) atoms. The lowest BCUT2D eigenvalue weighted by atomic mass is 10.1. The van der Waals surface area contributed by atoms with Crippen LogP contribution in [-0.4, -0.2) is 92.7 Å². The van der Waals surface area contributed by atoms with Crippen molar-refractivity contribution < 1.29 is 32.7 Å². The first-order valence-electron chi connectivity index (χ1n) is 10.1. The number of amides is 2. The number of rotatable bonds is 6. The van der Waals surface area contributed by atoms with Gasteiger partial charge in [0.2, 0.25) is 10.0 Å². The van der Waals surface area contributed by atoms with E-state index < -0.39 is 28.1 Å². The number of carbonyl (C=O) groups excluding carboxylic acids is 2. The first-order valence-corrected chi connectivity index (χ1v) is 11.5. The molecule has 2 unspecified atom stereocenters. The third-order valence-corrected chi connectivity index (χ3v) is 7.10. The molecular formula is C20H26N4O7S. The molecule has 2 saturated heterocycles. The fourth-order valence-corrected chi connectivity index (χ4v) is 5.08. The predicted octanol–water partition coefficient (Wildman–Crippen LogP) is -1.22. The first kappa shape index (κ1) is 24.0. The quantitative estimate of drug-likeness (QED) is 0.270. The van der Waals surface area contributed by atoms with Gasteiger partial charge in [0.25, 0.3) is 11.8 Å². The largest absolute Gasteiger partial charge is 0.481 e. The van der Waals surface area contributed by atoms with Gasteiger partial charge in [-0.25, -0.2) is 13.9 Å². The highest BCUT2D eigenvalue weighted by molar-refractivity contribution is 7.89. The molecule has 12 heteroatoms. The Morgan fingerprint density at radius 3 is 2.69 bits per heavy atom. The second kappa shape index (κ2) is 10.8. The van der Waals surface area contributed by atoms with Gasteiger partial charge in [-0.15, -0.1) is 5.92 Å². The number of hydroxylamine groups is 1. The molecule has 0 spiro atoms. The van der Waals surface area contributed by atoms with Gasteiger partial charge in [-0.2, -0.15) is 4.31 Å². The van der Waals surface area contributed by atoms with Crippen LogP contribution in [0.15, 0.2) is 29.2 Å². The van der Waals surface area contributed by atoms with Gasteiger partial charge < -0.3 is 19.7 Å². The van der Waals surface area contributed by atoms with E-state index in [1.807, 2.05) is 0 Å². The number of nitrogens with one attached hydrogen (secondary N) is 2. The zero-order chi connectivity index (χ0) is 23.1. The third kappa shape index (κ3) is 5.37. The highest BCUT2D eigenvalue weighted by atomic mass is 32.2. The van der Waals surface area contributed by atoms with Crippen LogP contribution in [0.4, 0.5) is 0 Å². The van der Waals surface area contributed by atoms with Crippen molar-refractivity contribution in [2.24, 2.45) is 0 Å². The lowest BCUT2D eigenvalue weighted by Crippen LogP contribution is -2.63. The number of hydrogen-bond donors (Lipinski definition) is 3. The molecule has 3 N–H and O–H groups in total. The molecule has 11 nitrogen and oxygen atoms in total. The van der Waals surface area contributed by atoms with Crippen LogP contribution in [0.25, 0.3) is 0 Å². The van der Waals surface area contributed by atoms with Crippen LogP contribution in [0, 0.1) is 11.8 Å². The summed E-state index contributed by atoms with van der Waals surface area (Å²) >= 11 is 0. The average Bonchev–Trinajstić information content (AvgIpc) is 2.83. The molecule has 2 heterocycles. The Labute approximate surface area is 186 Å². The van der Waals surface area contributed by atoms with Crippen molar-refractivity contribution in [3.05, 3.63) is 24.3 Å². The molecule has 0 bridgehead atoms. The fourth-order valence-electron chi connectivity index (χ4n) is 3.50. The van der Waals surface area contributed by atoms with Crippen molar-refractivity contribution in [2.75, 3.05) is 45.9 Å². The van der Waals surface area contributed by atoms with Gasteiger partial charge in [0.05, 0.1) is 11.5 Å². The number of piperazine rings is 1. The number of hydrogen-bond acceptors (Lipinski definition) is 8. The molecule has 2 aliphatic heterocycles. The molecule has 0 saturated carbocycles. The van der Waals surface area contributed by atoms with E-state index in [2.05, 4.69) is 17.2 Å². The van der Waals surface area contributed by atoms with E-state index in [-0.39, 0.29) is 37.0 Å². The van der Waals surface area contributed by atoms with Crippen molar-refractivity contribution in [1.29, 1.82) is 0 Å². The standard InChI is InChI=1S/C20H26N4O7S/c1-2-3-11-30-15-4-6-16(7-5-15)32(28,29)24-10-9-23(14-17(24)19(25)22-27)20(26)18-13-21-8-12-31-18/h4-7,17-18,21,27H,8-14H2,1H3,(H,22,25). The van der Waals surface area contributed by atoms with E-state index in [1.54, 1.807) is 6.92 Å². The zero-order valence-electron chi connectivity index (χ0n) is 17.6. The average molecular weight is 467 g/mol. The molecule has 0 aromatic heterocycles. The fraction of sp³-hybridized carbons (Fsp3) is 0.500. The normalized spacial score (nSPS) is 21.9. The van der Waals surface area contributed by atoms with Gasteiger partial charge in [0.1, 0.15) is 24.5 Å². The van der Waals surface area contributed by atoms with Gasteiger partial charge in [-0.3, -0.25) is 14.8 Å². The lowest BCUT2D eigenvalue weighted by molar-refractivity contribution is -0.149. The highest BCUT2D eigenvalue weighted by Gasteiger charge is 2.42. The summed E-state index contributed by atoms with van der Waals surface area (Å²) in [5.41, 5.74) is 1.51. The van der Waals surface area contributed by atoms with E-state index in [9.17, 15) is 18.0 Å². The van der Waals surface area contributed by atoms with Crippen molar-refractivity contribution in [3.8, 4) is 17.6 Å². The van der Waals surface area contributed by atoms with Crippen LogP contribution in [0.1, 0.15) is 6.92 Å². The zero-order valence-corrected chi connectivity index (χ0v) is 18.4. The van der Waals surface area contributed by atoms with Gasteiger partial charge in [0.15, 0.2) is 0 Å². The molecule has 2 fully saturated rings. The van der Waals surface area contributed by atoms with Crippen LogP contribution >= 0.6 is 0 Å². The van der Waals surface area contributed by atoms with Crippen LogP contribution < -0.4 is 15.5 Å². The maximum atomic E-state index is 13.2. The minimum Gasteiger partial charge on any atom is -0.481 e. The Kier molecular flexibility index (Phi) is 8.05. The number of benzene rings is 1. The Morgan fingerprint density at radius 2 is 2.06 bits per heavy atom. The van der Waals surface area contributed by atoms with Crippen LogP contribution in [0.3, 0.4) is 0 Å². The Balaban J connectivity index is 1.77. The smallest absolute Gasteiger partial charge is 0.263 e. The maximum Gasteiger partial charge on any atom is 0.263 e. The van der Waals surface area contributed by atoms with E-state index in [1.165, 1.54) is 34.6 Å². The maximum absolute atomic E-state index is 13.2. The minimum atomic E-state index is -4.09. The Morgan fingerprint density at radius 1 is 1.31 bits per heavy atom. The molecule has 2 atom stereocenters. The Bertz CT molecular complexity index is 981. The summed E-state index contributed by atoms with van der Waals surface area (Å²) < 4.78 is 38.3. The first-order chi connectivity index (χ1) is 15.4. The molecule has 174 valence electrons. The van der Waals surface area contributed by atoms with Gasteiger partial charge in [-0.1, -0.05) is 5.92 Å². The molecular weight excluding hydrogens is 440 g/mol. The second-order valence-electron chi connectivity index (χ2n) is 7.14. The van der Waals surface area contributed by atoms with Gasteiger partial charge in [-0.05, 0) is 31.2 Å². The molecule has 1 aromatic rings. The third-order valence-electron chi connectivity index (χ3n) is 5.18. The SMILES string of the molecule is CC#CCOc1ccc(S(=O)(=O)N2CCN(C(=O)C3CNCCO3)CC2C(=O)NO)cc1. The van der Waals surface area contributed by atoms with Crippen LogP contribution in [-0.2, 0) is 24.3 Å². The van der Waals surface area contributed by atoms with E-state index >= 15 is 0 Å². The summed E-state index contributed by atoms with van der Waals surface area (Å²) in [4.78, 5) is 26.4. The lowest BCUT2D eigenvalue weighted by Gasteiger charge is -2.40. The summed E-state index contributed by atoms with van der Waals surface area (Å²) in [5.74, 6) is 4.63. The van der Waals surface area contributed by atoms with Crippen molar-refractivity contribution in [1.82, 2.24) is 20.0 Å². The molecule has 0 radical (unpaired) electrons. The van der Waals surface area contributed by atoms with Gasteiger partial charge >= 0.3 is 0 Å². The molecule has 2 amide bonds. The Hall–Kier alpha value is -2.69. The van der Waals surface area contributed by atoms with E-state index in [0.29, 0.717) is 25.4 Å². The molecule has 0 aliphatic carbocycles. The number of ether oxygens (including phenoxy) is 2. The van der Waals surface area contributed by atoms with Crippen LogP contribution in [0.2, 0.25) is 0 Å². The van der Waals surface area contributed by atoms with Crippen molar-refractivity contribution in [3.63, 3.8) is 0 Å². The summed E-state index contributed by atoms with van der Waals surface area (Å²) in [5, 5.41) is 12.2. The summed E-state index contributed by atoms with van der Waals surface area (Å²) in [7, 11) is -4.09. The molecule has 3 rings (SSSR count). The summed E-state index contributed by atoms with van der Waals surface area (Å²) in [6.45, 7) is 2.99. The number of sulfonamides is 1. The minimum absolute atomic E-state index is 0.0400. The second-order valence-corrected chi connectivity index (χ2v) is 9.03. The number of carbonyl (C=O) groups is 2. The van der Waals surface area contributed by atoms with Crippen LogP contribution in [0.5, 0.6) is 5.75 Å². The monoisotopic (exact) mass is 466 g/mol. The van der Waals surface area contributed by atoms with E-state index in [0.717, 1.165) is 4.31 Å². The topological polar surface area (TPSA) is 138 Å². The van der Waals surface area contributed by atoms with Gasteiger partial charge in [0, 0.05) is 32.7 Å². The number of morpholine rings is 1. The highest BCUT2D eigenvalue weighted by Crippen LogP contribution is 2.24. The predicted molar refractivity (Wildman–Crippen MR) is 112 cm³/mol. The summed E-state index contributed by atoms with van der Waals surface area (Å²) in [6.07, 6.45) is -0.699. The van der Waals surface area contributed by atoms with Crippen molar-refractivity contribution >= 4 is 21.8 Å². The number of nitrogens with zero attached hydrogens (tertiary/aromatic N) is 2. The molecule has 2 aliphatic rings. The summed E-state index contributed by atoms with van der Waals surface area (Å²) in [6, 6.07) is 4.44.